The van der Waals surface area contributed by atoms with Gasteiger partial charge in [-0.05, 0) is 25.1 Å². The Hall–Kier alpha value is -2.39. The zero-order valence-electron chi connectivity index (χ0n) is 14.8. The number of carbonyl (C=O) groups excluding carboxylic acids is 1. The van der Waals surface area contributed by atoms with Gasteiger partial charge in [0.05, 0.1) is 0 Å². The molecule has 0 radical (unpaired) electrons. The Balaban J connectivity index is 1.73. The molecule has 1 aromatic carbocycles. The average molecular weight is 389 g/mol. The van der Waals surface area contributed by atoms with Gasteiger partial charge in [-0.15, -0.1) is 10.2 Å². The maximum atomic E-state index is 12.4. The number of benzene rings is 1. The number of hydrogen-bond acceptors (Lipinski definition) is 6. The largest absolute Gasteiger partial charge is 0.299 e. The van der Waals surface area contributed by atoms with Crippen LogP contribution in [0.2, 0.25) is 0 Å². The van der Waals surface area contributed by atoms with Crippen molar-refractivity contribution >= 4 is 34.6 Å². The molecule has 1 amide bonds. The Morgan fingerprint density at radius 3 is 2.73 bits per heavy atom. The lowest BCUT2D eigenvalue weighted by Gasteiger charge is -2.07. The smallest absolute Gasteiger partial charge is 0.246 e. The summed E-state index contributed by atoms with van der Waals surface area (Å²) < 4.78 is 2.07. The van der Waals surface area contributed by atoms with E-state index >= 15 is 0 Å². The Labute approximate surface area is 160 Å². The normalized spacial score (nSPS) is 11.1. The number of hydrogen-bond donors (Lipinski definition) is 2. The summed E-state index contributed by atoms with van der Waals surface area (Å²) in [6.45, 7) is 6.31. The highest BCUT2D eigenvalue weighted by Crippen LogP contribution is 2.20. The zero-order valence-corrected chi connectivity index (χ0v) is 16.4. The fourth-order valence-corrected chi connectivity index (χ4v) is 3.59. The number of carbonyl (C=O) groups is 1. The molecule has 0 atom stereocenters. The number of nitrogens with one attached hydrogen (secondary N) is 2. The van der Waals surface area contributed by atoms with E-state index in [-0.39, 0.29) is 12.5 Å². The van der Waals surface area contributed by atoms with Gasteiger partial charge in [-0.1, -0.05) is 55.0 Å². The number of nitrogens with zero attached hydrogens (tertiary/aromatic N) is 4. The fourth-order valence-electron chi connectivity index (χ4n) is 2.43. The summed E-state index contributed by atoms with van der Waals surface area (Å²) in [4.78, 5) is 12.4. The Morgan fingerprint density at radius 1 is 1.31 bits per heavy atom. The lowest BCUT2D eigenvalue weighted by molar-refractivity contribution is -0.116. The second-order valence-corrected chi connectivity index (χ2v) is 7.90. The molecule has 2 aromatic heterocycles. The Bertz CT molecular complexity index is 954. The van der Waals surface area contributed by atoms with Crippen molar-refractivity contribution in [1.29, 1.82) is 0 Å². The minimum atomic E-state index is -0.219. The van der Waals surface area contributed by atoms with Gasteiger partial charge < -0.3 is 0 Å². The second kappa shape index (κ2) is 7.88. The molecule has 0 bridgehead atoms. The second-order valence-electron chi connectivity index (χ2n) is 6.45. The van der Waals surface area contributed by atoms with E-state index in [0.717, 1.165) is 22.6 Å². The molecule has 3 rings (SSSR count). The molecule has 9 heteroatoms. The lowest BCUT2D eigenvalue weighted by atomic mass is 10.1. The van der Waals surface area contributed by atoms with E-state index in [1.165, 1.54) is 11.3 Å². The number of H-pyrrole nitrogens is 1. The molecule has 0 saturated heterocycles. The number of amides is 1. The summed E-state index contributed by atoms with van der Waals surface area (Å²) in [5.74, 6) is 0.902. The van der Waals surface area contributed by atoms with Crippen LogP contribution in [0.3, 0.4) is 0 Å². The topological polar surface area (TPSA) is 88.5 Å². The van der Waals surface area contributed by atoms with Crippen molar-refractivity contribution in [3.05, 3.63) is 39.6 Å². The SMILES string of the molecule is Cc1ccc(-c2n[nH]c(=S)n2CC(=O)Nc2nnc(CC(C)C)s2)cc1. The van der Waals surface area contributed by atoms with Gasteiger partial charge in [0.15, 0.2) is 10.6 Å². The molecule has 0 spiro atoms. The van der Waals surface area contributed by atoms with Gasteiger partial charge in [0.25, 0.3) is 0 Å². The first kappa shape index (κ1) is 18.4. The Kier molecular flexibility index (Phi) is 5.58. The summed E-state index contributed by atoms with van der Waals surface area (Å²) in [5, 5.41) is 19.3. The number of aryl methyl sites for hydroxylation is 1. The summed E-state index contributed by atoms with van der Waals surface area (Å²) in [6.07, 6.45) is 0.845. The number of rotatable bonds is 6. The number of aromatic amines is 1. The molecule has 0 aliphatic heterocycles. The molecule has 0 aliphatic rings. The maximum Gasteiger partial charge on any atom is 0.246 e. The first-order valence-electron chi connectivity index (χ1n) is 8.27. The predicted octanol–water partition coefficient (Wildman–Crippen LogP) is 3.60. The van der Waals surface area contributed by atoms with E-state index in [0.29, 0.717) is 21.6 Å². The molecule has 26 heavy (non-hydrogen) atoms. The van der Waals surface area contributed by atoms with Crippen LogP contribution in [0.1, 0.15) is 24.4 Å². The molecule has 0 aliphatic carbocycles. The quantitative estimate of drug-likeness (QED) is 0.630. The summed E-state index contributed by atoms with van der Waals surface area (Å²) in [7, 11) is 0. The van der Waals surface area contributed by atoms with Crippen molar-refractivity contribution < 1.29 is 4.79 Å². The minimum absolute atomic E-state index is 0.0532. The third kappa shape index (κ3) is 4.41. The molecular formula is C17H20N6OS2. The standard InChI is InChI=1S/C17H20N6OS2/c1-10(2)8-14-19-21-16(26-14)18-13(24)9-23-15(20-22-17(23)25)12-6-4-11(3)5-7-12/h4-7,10H,8-9H2,1-3H3,(H,22,25)(H,18,21,24). The van der Waals surface area contributed by atoms with Crippen LogP contribution in [0.25, 0.3) is 11.4 Å². The maximum absolute atomic E-state index is 12.4. The Morgan fingerprint density at radius 2 is 2.04 bits per heavy atom. The van der Waals surface area contributed by atoms with Crippen LogP contribution in [0.5, 0.6) is 0 Å². The van der Waals surface area contributed by atoms with Gasteiger partial charge >= 0.3 is 0 Å². The third-order valence-electron chi connectivity index (χ3n) is 3.67. The first-order valence-corrected chi connectivity index (χ1v) is 9.49. The molecule has 0 unspecified atom stereocenters. The van der Waals surface area contributed by atoms with E-state index in [9.17, 15) is 4.79 Å². The van der Waals surface area contributed by atoms with Crippen LogP contribution >= 0.6 is 23.6 Å². The van der Waals surface area contributed by atoms with Gasteiger partial charge in [0.2, 0.25) is 11.0 Å². The molecule has 0 saturated carbocycles. The predicted molar refractivity (Wildman–Crippen MR) is 105 cm³/mol. The minimum Gasteiger partial charge on any atom is -0.299 e. The van der Waals surface area contributed by atoms with Crippen LogP contribution in [-0.2, 0) is 17.8 Å². The van der Waals surface area contributed by atoms with E-state index in [1.807, 2.05) is 31.2 Å². The first-order chi connectivity index (χ1) is 12.4. The van der Waals surface area contributed by atoms with Crippen molar-refractivity contribution in [3.63, 3.8) is 0 Å². The fraction of sp³-hybridized carbons (Fsp3) is 0.353. The van der Waals surface area contributed by atoms with Crippen molar-refractivity contribution in [2.45, 2.75) is 33.7 Å². The van der Waals surface area contributed by atoms with E-state index in [4.69, 9.17) is 12.2 Å². The van der Waals surface area contributed by atoms with Crippen LogP contribution in [-0.4, -0.2) is 30.9 Å². The highest BCUT2D eigenvalue weighted by molar-refractivity contribution is 7.71. The molecule has 136 valence electrons. The summed E-state index contributed by atoms with van der Waals surface area (Å²) >= 11 is 6.67. The van der Waals surface area contributed by atoms with Crippen molar-refractivity contribution in [1.82, 2.24) is 25.0 Å². The lowest BCUT2D eigenvalue weighted by Crippen LogP contribution is -2.19. The summed E-state index contributed by atoms with van der Waals surface area (Å²) in [5.41, 5.74) is 2.05. The molecule has 3 aromatic rings. The van der Waals surface area contributed by atoms with Crippen LogP contribution < -0.4 is 5.32 Å². The van der Waals surface area contributed by atoms with Crippen LogP contribution in [0.4, 0.5) is 5.13 Å². The van der Waals surface area contributed by atoms with Crippen LogP contribution in [0.15, 0.2) is 24.3 Å². The monoisotopic (exact) mass is 388 g/mol. The number of aromatic nitrogens is 5. The molecule has 2 N–H and O–H groups in total. The average Bonchev–Trinajstić information content (AvgIpc) is 3.15. The van der Waals surface area contributed by atoms with Crippen molar-refractivity contribution in [3.8, 4) is 11.4 Å². The van der Waals surface area contributed by atoms with Gasteiger partial charge in [-0.2, -0.15) is 5.10 Å². The van der Waals surface area contributed by atoms with Crippen molar-refractivity contribution in [2.24, 2.45) is 5.92 Å². The van der Waals surface area contributed by atoms with E-state index in [1.54, 1.807) is 4.57 Å². The van der Waals surface area contributed by atoms with Gasteiger partial charge in [0.1, 0.15) is 11.6 Å². The van der Waals surface area contributed by atoms with Gasteiger partial charge in [-0.25, -0.2) is 0 Å². The summed E-state index contributed by atoms with van der Waals surface area (Å²) in [6, 6.07) is 7.90. The third-order valence-corrected chi connectivity index (χ3v) is 4.84. The molecular weight excluding hydrogens is 368 g/mol. The van der Waals surface area contributed by atoms with Gasteiger partial charge in [-0.3, -0.25) is 19.8 Å². The van der Waals surface area contributed by atoms with Gasteiger partial charge in [0, 0.05) is 12.0 Å². The molecule has 2 heterocycles. The molecule has 7 nitrogen and oxygen atoms in total. The molecule has 0 fully saturated rings. The van der Waals surface area contributed by atoms with Crippen LogP contribution in [0, 0.1) is 17.6 Å². The van der Waals surface area contributed by atoms with E-state index in [2.05, 4.69) is 39.6 Å². The highest BCUT2D eigenvalue weighted by Gasteiger charge is 2.14. The number of anilines is 1. The highest BCUT2D eigenvalue weighted by atomic mass is 32.1. The zero-order chi connectivity index (χ0) is 18.7. The van der Waals surface area contributed by atoms with Crippen molar-refractivity contribution in [2.75, 3.05) is 5.32 Å². The van der Waals surface area contributed by atoms with E-state index < -0.39 is 0 Å².